The Morgan fingerprint density at radius 1 is 0.955 bits per heavy atom. The highest BCUT2D eigenvalue weighted by molar-refractivity contribution is 5.97. The van der Waals surface area contributed by atoms with E-state index in [0.717, 1.165) is 6.07 Å². The number of carbonyl (C=O) groups is 2. The summed E-state index contributed by atoms with van der Waals surface area (Å²) >= 11 is 0. The minimum atomic E-state index is -1.79. The molecule has 0 radical (unpaired) electrons. The maximum absolute atomic E-state index is 13.5. The zero-order chi connectivity index (χ0) is 16.3. The summed E-state index contributed by atoms with van der Waals surface area (Å²) < 4.78 is 39.5. The Kier molecular flexibility index (Phi) is 4.45. The molecule has 1 atom stereocenters. The van der Waals surface area contributed by atoms with Crippen LogP contribution in [0.4, 0.5) is 13.2 Å². The third kappa shape index (κ3) is 3.08. The molecule has 2 aromatic rings. The fraction of sp³-hybridized carbons (Fsp3) is 0.0667. The van der Waals surface area contributed by atoms with Gasteiger partial charge in [0.2, 0.25) is 0 Å². The minimum Gasteiger partial charge on any atom is -0.479 e. The van der Waals surface area contributed by atoms with Crippen molar-refractivity contribution in [3.8, 4) is 0 Å². The highest BCUT2D eigenvalue weighted by Crippen LogP contribution is 2.18. The molecule has 4 nitrogen and oxygen atoms in total. The number of carboxylic acids is 1. The number of benzene rings is 2. The van der Waals surface area contributed by atoms with Gasteiger partial charge in [-0.2, -0.15) is 0 Å². The molecule has 2 N–H and O–H groups in total. The van der Waals surface area contributed by atoms with Gasteiger partial charge < -0.3 is 10.4 Å². The van der Waals surface area contributed by atoms with Gasteiger partial charge in [-0.1, -0.05) is 30.3 Å². The van der Waals surface area contributed by atoms with Crippen LogP contribution in [0.1, 0.15) is 22.0 Å². The van der Waals surface area contributed by atoms with E-state index in [0.29, 0.717) is 6.07 Å². The lowest BCUT2D eigenvalue weighted by atomic mass is 10.1. The lowest BCUT2D eigenvalue weighted by molar-refractivity contribution is -0.139. The summed E-state index contributed by atoms with van der Waals surface area (Å²) in [6.07, 6.45) is 0. The van der Waals surface area contributed by atoms with Crippen LogP contribution in [0, 0.1) is 17.5 Å². The lowest BCUT2D eigenvalue weighted by Crippen LogP contribution is -2.34. The quantitative estimate of drug-likeness (QED) is 0.853. The van der Waals surface area contributed by atoms with E-state index in [2.05, 4.69) is 5.32 Å². The van der Waals surface area contributed by atoms with Crippen molar-refractivity contribution in [2.24, 2.45) is 0 Å². The van der Waals surface area contributed by atoms with E-state index >= 15 is 0 Å². The van der Waals surface area contributed by atoms with Gasteiger partial charge in [0, 0.05) is 0 Å². The van der Waals surface area contributed by atoms with E-state index in [-0.39, 0.29) is 5.56 Å². The highest BCUT2D eigenvalue weighted by Gasteiger charge is 2.25. The van der Waals surface area contributed by atoms with Gasteiger partial charge in [-0.05, 0) is 17.7 Å². The Labute approximate surface area is 123 Å². The predicted molar refractivity (Wildman–Crippen MR) is 70.6 cm³/mol. The number of aliphatic carboxylic acids is 1. The SMILES string of the molecule is O=C(N[C@@H](C(=O)O)c1ccccc1)c1ccc(F)c(F)c1F. The first-order valence-corrected chi connectivity index (χ1v) is 6.14. The minimum absolute atomic E-state index is 0.256. The molecule has 1 amide bonds. The standard InChI is InChI=1S/C15H10F3NO3/c16-10-7-6-9(11(17)12(10)18)14(20)19-13(15(21)22)8-4-2-1-3-5-8/h1-7,13H,(H,19,20)(H,21,22)/t13-/m1/s1. The van der Waals surface area contributed by atoms with Crippen LogP contribution >= 0.6 is 0 Å². The first-order chi connectivity index (χ1) is 10.4. The molecular weight excluding hydrogens is 299 g/mol. The molecule has 22 heavy (non-hydrogen) atoms. The second-order valence-corrected chi connectivity index (χ2v) is 4.38. The van der Waals surface area contributed by atoms with Crippen LogP contribution in [0.2, 0.25) is 0 Å². The Balaban J connectivity index is 2.30. The molecule has 0 heterocycles. The molecule has 114 valence electrons. The predicted octanol–water partition coefficient (Wildman–Crippen LogP) is 2.66. The monoisotopic (exact) mass is 309 g/mol. The van der Waals surface area contributed by atoms with Crippen LogP contribution < -0.4 is 5.32 Å². The van der Waals surface area contributed by atoms with Gasteiger partial charge in [0.05, 0.1) is 5.56 Å². The summed E-state index contributed by atoms with van der Waals surface area (Å²) in [6, 6.07) is 7.59. The number of halogens is 3. The van der Waals surface area contributed by atoms with Crippen molar-refractivity contribution in [2.45, 2.75) is 6.04 Å². The summed E-state index contributed by atoms with van der Waals surface area (Å²) in [6.45, 7) is 0. The van der Waals surface area contributed by atoms with Crippen LogP contribution in [-0.4, -0.2) is 17.0 Å². The van der Waals surface area contributed by atoms with Gasteiger partial charge in [-0.15, -0.1) is 0 Å². The maximum atomic E-state index is 13.5. The summed E-state index contributed by atoms with van der Waals surface area (Å²) in [4.78, 5) is 23.1. The van der Waals surface area contributed by atoms with Gasteiger partial charge in [-0.25, -0.2) is 18.0 Å². The molecular formula is C15H10F3NO3. The third-order valence-corrected chi connectivity index (χ3v) is 2.94. The van der Waals surface area contributed by atoms with E-state index in [1.54, 1.807) is 18.2 Å². The fourth-order valence-corrected chi connectivity index (χ4v) is 1.84. The van der Waals surface area contributed by atoms with E-state index < -0.39 is 40.9 Å². The topological polar surface area (TPSA) is 66.4 Å². The molecule has 0 saturated carbocycles. The van der Waals surface area contributed by atoms with E-state index in [9.17, 15) is 22.8 Å². The molecule has 0 spiro atoms. The summed E-state index contributed by atoms with van der Waals surface area (Å²) in [5, 5.41) is 11.2. The molecule has 0 aliphatic carbocycles. The number of hydrogen-bond donors (Lipinski definition) is 2. The third-order valence-electron chi connectivity index (χ3n) is 2.94. The number of rotatable bonds is 4. The van der Waals surface area contributed by atoms with Gasteiger partial charge in [0.15, 0.2) is 23.5 Å². The first kappa shape index (κ1) is 15.6. The zero-order valence-electron chi connectivity index (χ0n) is 11.0. The van der Waals surface area contributed by atoms with E-state index in [1.807, 2.05) is 0 Å². The summed E-state index contributed by atoms with van der Waals surface area (Å²) in [5.74, 6) is -7.43. The normalized spacial score (nSPS) is 11.8. The van der Waals surface area contributed by atoms with E-state index in [4.69, 9.17) is 5.11 Å². The van der Waals surface area contributed by atoms with Gasteiger partial charge in [0.25, 0.3) is 5.91 Å². The van der Waals surface area contributed by atoms with Crippen molar-refractivity contribution >= 4 is 11.9 Å². The zero-order valence-corrected chi connectivity index (χ0v) is 11.0. The van der Waals surface area contributed by atoms with Crippen molar-refractivity contribution in [2.75, 3.05) is 0 Å². The Hall–Kier alpha value is -2.83. The van der Waals surface area contributed by atoms with Crippen molar-refractivity contribution in [1.82, 2.24) is 5.32 Å². The summed E-state index contributed by atoms with van der Waals surface area (Å²) in [5.41, 5.74) is -0.521. The average Bonchev–Trinajstić information content (AvgIpc) is 2.50. The lowest BCUT2D eigenvalue weighted by Gasteiger charge is -2.15. The molecule has 0 unspecified atom stereocenters. The Bertz CT molecular complexity index is 719. The number of amides is 1. The van der Waals surface area contributed by atoms with Crippen LogP contribution in [0.5, 0.6) is 0 Å². The molecule has 2 rings (SSSR count). The van der Waals surface area contributed by atoms with Crippen LogP contribution in [-0.2, 0) is 4.79 Å². The van der Waals surface area contributed by atoms with Crippen LogP contribution in [0.3, 0.4) is 0 Å². The molecule has 0 aliphatic heterocycles. The van der Waals surface area contributed by atoms with Gasteiger partial charge in [-0.3, -0.25) is 4.79 Å². The smallest absolute Gasteiger partial charge is 0.330 e. The molecule has 0 fully saturated rings. The Morgan fingerprint density at radius 3 is 2.18 bits per heavy atom. The van der Waals surface area contributed by atoms with Gasteiger partial charge in [0.1, 0.15) is 0 Å². The number of hydrogen-bond acceptors (Lipinski definition) is 2. The largest absolute Gasteiger partial charge is 0.479 e. The average molecular weight is 309 g/mol. The van der Waals surface area contributed by atoms with Crippen LogP contribution in [0.25, 0.3) is 0 Å². The maximum Gasteiger partial charge on any atom is 0.330 e. The molecule has 2 aromatic carbocycles. The number of carbonyl (C=O) groups excluding carboxylic acids is 1. The highest BCUT2D eigenvalue weighted by atomic mass is 19.2. The molecule has 7 heteroatoms. The number of nitrogens with one attached hydrogen (secondary N) is 1. The van der Waals surface area contributed by atoms with Crippen molar-refractivity contribution in [1.29, 1.82) is 0 Å². The fourth-order valence-electron chi connectivity index (χ4n) is 1.84. The van der Waals surface area contributed by atoms with Gasteiger partial charge >= 0.3 is 5.97 Å². The summed E-state index contributed by atoms with van der Waals surface area (Å²) in [7, 11) is 0. The molecule has 0 aromatic heterocycles. The van der Waals surface area contributed by atoms with Crippen LogP contribution in [0.15, 0.2) is 42.5 Å². The van der Waals surface area contributed by atoms with Crippen molar-refractivity contribution in [3.63, 3.8) is 0 Å². The molecule has 0 saturated heterocycles. The second-order valence-electron chi connectivity index (χ2n) is 4.38. The van der Waals surface area contributed by atoms with E-state index in [1.165, 1.54) is 12.1 Å². The van der Waals surface area contributed by atoms with Crippen molar-refractivity contribution in [3.05, 3.63) is 71.0 Å². The first-order valence-electron chi connectivity index (χ1n) is 6.14. The number of carboxylic acid groups (broad SMARTS) is 1. The Morgan fingerprint density at radius 2 is 1.59 bits per heavy atom. The molecule has 0 aliphatic rings. The second kappa shape index (κ2) is 6.30. The van der Waals surface area contributed by atoms with Crippen molar-refractivity contribution < 1.29 is 27.9 Å². The molecule has 0 bridgehead atoms.